The number of carbonyl (C=O) groups excluding carboxylic acids is 3. The van der Waals surface area contributed by atoms with Crippen LogP contribution in [0.25, 0.3) is 0 Å². The van der Waals surface area contributed by atoms with E-state index < -0.39 is 17.8 Å². The molecule has 0 bridgehead atoms. The predicted molar refractivity (Wildman–Crippen MR) is 106 cm³/mol. The van der Waals surface area contributed by atoms with Gasteiger partial charge in [-0.15, -0.1) is 0 Å². The lowest BCUT2D eigenvalue weighted by Gasteiger charge is -2.25. The van der Waals surface area contributed by atoms with Crippen molar-refractivity contribution in [3.05, 3.63) is 101 Å². The summed E-state index contributed by atoms with van der Waals surface area (Å²) in [5, 5.41) is 0. The van der Waals surface area contributed by atoms with Crippen LogP contribution in [0.5, 0.6) is 0 Å². The van der Waals surface area contributed by atoms with Crippen molar-refractivity contribution in [2.45, 2.75) is 13.5 Å². The first-order valence-electron chi connectivity index (χ1n) is 8.96. The van der Waals surface area contributed by atoms with E-state index in [4.69, 9.17) is 0 Å². The van der Waals surface area contributed by atoms with Gasteiger partial charge >= 0.3 is 6.03 Å². The van der Waals surface area contributed by atoms with Crippen LogP contribution in [-0.2, 0) is 6.54 Å². The lowest BCUT2D eigenvalue weighted by molar-refractivity contribution is 0.0821. The van der Waals surface area contributed by atoms with Crippen LogP contribution in [0.1, 0.15) is 31.8 Å². The predicted octanol–water partition coefficient (Wildman–Crippen LogP) is 4.42. The molecule has 138 valence electrons. The summed E-state index contributed by atoms with van der Waals surface area (Å²) >= 11 is 0. The van der Waals surface area contributed by atoms with Crippen LogP contribution in [0.4, 0.5) is 10.5 Å². The number of nitrogens with zero attached hydrogens (tertiary/aromatic N) is 2. The van der Waals surface area contributed by atoms with Gasteiger partial charge in [0.25, 0.3) is 11.8 Å². The Balaban J connectivity index is 1.73. The van der Waals surface area contributed by atoms with Crippen LogP contribution in [0.15, 0.2) is 78.9 Å². The third-order valence-corrected chi connectivity index (χ3v) is 4.76. The lowest BCUT2D eigenvalue weighted by Crippen LogP contribution is -2.46. The quantitative estimate of drug-likeness (QED) is 0.671. The number of carbonyl (C=O) groups is 3. The van der Waals surface area contributed by atoms with Crippen molar-refractivity contribution in [1.29, 1.82) is 0 Å². The van der Waals surface area contributed by atoms with Crippen LogP contribution in [0.2, 0.25) is 0 Å². The molecule has 1 aliphatic rings. The first kappa shape index (κ1) is 17.7. The van der Waals surface area contributed by atoms with Crippen LogP contribution in [0.3, 0.4) is 0 Å². The summed E-state index contributed by atoms with van der Waals surface area (Å²) < 4.78 is 0. The standard InChI is InChI=1S/C23H18N2O3/c1-16-11-13-19(14-12-16)25(21(26)17-7-3-2-4-8-17)23(28)24-15-18-9-5-6-10-20(18)22(24)27/h2-14H,15H2,1H3. The molecule has 0 aromatic heterocycles. The van der Waals surface area contributed by atoms with Crippen molar-refractivity contribution in [3.8, 4) is 0 Å². The maximum Gasteiger partial charge on any atom is 0.338 e. The molecule has 0 saturated heterocycles. The molecule has 0 spiro atoms. The van der Waals surface area contributed by atoms with E-state index in [2.05, 4.69) is 0 Å². The number of hydrogen-bond acceptors (Lipinski definition) is 3. The topological polar surface area (TPSA) is 57.7 Å². The maximum atomic E-state index is 13.3. The van der Waals surface area contributed by atoms with E-state index >= 15 is 0 Å². The van der Waals surface area contributed by atoms with E-state index in [1.165, 1.54) is 0 Å². The van der Waals surface area contributed by atoms with Crippen LogP contribution in [0, 0.1) is 6.92 Å². The number of anilines is 1. The molecule has 0 unspecified atom stereocenters. The number of amides is 4. The van der Waals surface area contributed by atoms with E-state index in [1.807, 2.05) is 31.2 Å². The van der Waals surface area contributed by atoms with Gasteiger partial charge in [-0.2, -0.15) is 0 Å². The second kappa shape index (κ2) is 7.12. The van der Waals surface area contributed by atoms with E-state index in [9.17, 15) is 14.4 Å². The summed E-state index contributed by atoms with van der Waals surface area (Å²) in [6, 6.07) is 22.1. The average molecular weight is 370 g/mol. The highest BCUT2D eigenvalue weighted by molar-refractivity contribution is 6.24. The number of benzene rings is 3. The zero-order valence-corrected chi connectivity index (χ0v) is 15.3. The van der Waals surface area contributed by atoms with Gasteiger partial charge in [-0.25, -0.2) is 9.69 Å². The molecule has 1 heterocycles. The first-order chi connectivity index (χ1) is 13.6. The van der Waals surface area contributed by atoms with Crippen molar-refractivity contribution in [1.82, 2.24) is 4.90 Å². The fourth-order valence-corrected chi connectivity index (χ4v) is 3.25. The highest BCUT2D eigenvalue weighted by Crippen LogP contribution is 2.27. The monoisotopic (exact) mass is 370 g/mol. The fraction of sp³-hybridized carbons (Fsp3) is 0.0870. The smallest absolute Gasteiger partial charge is 0.269 e. The van der Waals surface area contributed by atoms with Gasteiger partial charge in [-0.05, 0) is 42.8 Å². The third-order valence-electron chi connectivity index (χ3n) is 4.76. The zero-order chi connectivity index (χ0) is 19.7. The molecule has 0 aliphatic carbocycles. The van der Waals surface area contributed by atoms with Crippen molar-refractivity contribution in [2.75, 3.05) is 4.90 Å². The summed E-state index contributed by atoms with van der Waals surface area (Å²) in [5.41, 5.74) is 3.07. The Labute approximate surface area is 162 Å². The van der Waals surface area contributed by atoms with Crippen molar-refractivity contribution in [2.24, 2.45) is 0 Å². The molecule has 5 nitrogen and oxygen atoms in total. The molecule has 5 heteroatoms. The molecule has 0 atom stereocenters. The Morgan fingerprint density at radius 1 is 0.857 bits per heavy atom. The molecule has 28 heavy (non-hydrogen) atoms. The zero-order valence-electron chi connectivity index (χ0n) is 15.3. The van der Waals surface area contributed by atoms with E-state index in [0.717, 1.165) is 20.9 Å². The highest BCUT2D eigenvalue weighted by atomic mass is 16.2. The van der Waals surface area contributed by atoms with Crippen molar-refractivity contribution in [3.63, 3.8) is 0 Å². The van der Waals surface area contributed by atoms with E-state index in [0.29, 0.717) is 16.8 Å². The Kier molecular flexibility index (Phi) is 4.49. The minimum absolute atomic E-state index is 0.151. The third kappa shape index (κ3) is 3.07. The molecule has 0 saturated carbocycles. The minimum Gasteiger partial charge on any atom is -0.269 e. The number of hydrogen-bond donors (Lipinski definition) is 0. The molecule has 3 aromatic rings. The molecule has 1 aliphatic heterocycles. The summed E-state index contributed by atoms with van der Waals surface area (Å²) in [6.07, 6.45) is 0. The lowest BCUT2D eigenvalue weighted by atomic mass is 10.1. The summed E-state index contributed by atoms with van der Waals surface area (Å²) in [6.45, 7) is 2.08. The summed E-state index contributed by atoms with van der Waals surface area (Å²) in [7, 11) is 0. The molecule has 0 radical (unpaired) electrons. The van der Waals surface area contributed by atoms with Gasteiger partial charge in [-0.1, -0.05) is 54.1 Å². The van der Waals surface area contributed by atoms with Crippen molar-refractivity contribution >= 4 is 23.5 Å². The minimum atomic E-state index is -0.654. The van der Waals surface area contributed by atoms with Crippen LogP contribution in [-0.4, -0.2) is 22.7 Å². The molecule has 0 N–H and O–H groups in total. The second-order valence-corrected chi connectivity index (χ2v) is 6.67. The Morgan fingerprint density at radius 3 is 2.18 bits per heavy atom. The van der Waals surface area contributed by atoms with Gasteiger partial charge < -0.3 is 0 Å². The number of imide groups is 2. The maximum absolute atomic E-state index is 13.3. The molecule has 4 amide bonds. The molecule has 4 rings (SSSR count). The van der Waals surface area contributed by atoms with E-state index in [1.54, 1.807) is 54.6 Å². The SMILES string of the molecule is Cc1ccc(N(C(=O)c2ccccc2)C(=O)N2Cc3ccccc3C2=O)cc1. The molecule has 3 aromatic carbocycles. The van der Waals surface area contributed by atoms with Gasteiger partial charge in [0.15, 0.2) is 0 Å². The van der Waals surface area contributed by atoms with Gasteiger partial charge in [0.05, 0.1) is 12.2 Å². The Hall–Kier alpha value is -3.73. The van der Waals surface area contributed by atoms with Crippen molar-refractivity contribution < 1.29 is 14.4 Å². The Bertz CT molecular complexity index is 1060. The normalized spacial score (nSPS) is 12.6. The number of fused-ring (bicyclic) bond motifs is 1. The highest BCUT2D eigenvalue weighted by Gasteiger charge is 2.37. The van der Waals surface area contributed by atoms with Gasteiger partial charge in [0.1, 0.15) is 0 Å². The second-order valence-electron chi connectivity index (χ2n) is 6.67. The average Bonchev–Trinajstić information content (AvgIpc) is 3.07. The number of urea groups is 1. The molecule has 0 fully saturated rings. The molecular formula is C23H18N2O3. The fourth-order valence-electron chi connectivity index (χ4n) is 3.25. The number of rotatable bonds is 2. The van der Waals surface area contributed by atoms with Gasteiger partial charge in [-0.3, -0.25) is 14.5 Å². The van der Waals surface area contributed by atoms with Gasteiger partial charge in [0, 0.05) is 11.1 Å². The number of aryl methyl sites for hydroxylation is 1. The first-order valence-corrected chi connectivity index (χ1v) is 8.96. The summed E-state index contributed by atoms with van der Waals surface area (Å²) in [5.74, 6) is -0.864. The largest absolute Gasteiger partial charge is 0.338 e. The van der Waals surface area contributed by atoms with Crippen LogP contribution >= 0.6 is 0 Å². The van der Waals surface area contributed by atoms with E-state index in [-0.39, 0.29) is 6.54 Å². The van der Waals surface area contributed by atoms with Gasteiger partial charge in [0.2, 0.25) is 0 Å². The molecular weight excluding hydrogens is 352 g/mol. The Morgan fingerprint density at radius 2 is 1.50 bits per heavy atom. The van der Waals surface area contributed by atoms with Crippen LogP contribution < -0.4 is 4.90 Å². The summed E-state index contributed by atoms with van der Waals surface area (Å²) in [4.78, 5) is 41.4.